The van der Waals surface area contributed by atoms with E-state index in [2.05, 4.69) is 17.9 Å². The molecule has 0 saturated carbocycles. The smallest absolute Gasteiger partial charge is 0.225 e. The van der Waals surface area contributed by atoms with Crippen LogP contribution in [0.25, 0.3) is 0 Å². The molecule has 0 heterocycles. The van der Waals surface area contributed by atoms with Gasteiger partial charge in [-0.1, -0.05) is 0 Å². The molecule has 5 heteroatoms. The Labute approximate surface area is 107 Å². The predicted octanol–water partition coefficient (Wildman–Crippen LogP) is 2.27. The minimum Gasteiger partial charge on any atom is -0.496 e. The van der Waals surface area contributed by atoms with Crippen LogP contribution in [-0.4, -0.2) is 25.9 Å². The standard InChI is InChI=1S/C12H17NO3S/c1-8-6-11(16-3)9(7-10(8)15-2)13-12(14)4-5-17/h6-7,17H,4-5H2,1-3H3,(H,13,14). The maximum atomic E-state index is 11.5. The summed E-state index contributed by atoms with van der Waals surface area (Å²) in [5.41, 5.74) is 1.57. The Balaban J connectivity index is 2.99. The SMILES string of the molecule is COc1cc(NC(=O)CCS)c(OC)cc1C. The number of rotatable bonds is 5. The first-order chi connectivity index (χ1) is 8.12. The first kappa shape index (κ1) is 13.7. The number of thiol groups is 1. The monoisotopic (exact) mass is 255 g/mol. The van der Waals surface area contributed by atoms with Crippen LogP contribution in [0.15, 0.2) is 12.1 Å². The largest absolute Gasteiger partial charge is 0.496 e. The third kappa shape index (κ3) is 3.56. The number of carbonyl (C=O) groups excluding carboxylic acids is 1. The van der Waals surface area contributed by atoms with E-state index in [0.29, 0.717) is 29.4 Å². The minimum absolute atomic E-state index is 0.0933. The lowest BCUT2D eigenvalue weighted by Gasteiger charge is -2.13. The average Bonchev–Trinajstić information content (AvgIpc) is 2.31. The molecular formula is C12H17NO3S. The minimum atomic E-state index is -0.0933. The Kier molecular flexibility index (Phi) is 5.15. The van der Waals surface area contributed by atoms with E-state index >= 15 is 0 Å². The molecule has 17 heavy (non-hydrogen) atoms. The first-order valence-electron chi connectivity index (χ1n) is 5.25. The molecule has 0 atom stereocenters. The third-order valence-corrected chi connectivity index (χ3v) is 2.55. The zero-order chi connectivity index (χ0) is 12.8. The topological polar surface area (TPSA) is 47.6 Å². The quantitative estimate of drug-likeness (QED) is 0.793. The van der Waals surface area contributed by atoms with Crippen LogP contribution >= 0.6 is 12.6 Å². The van der Waals surface area contributed by atoms with Crippen molar-refractivity contribution in [1.29, 1.82) is 0 Å². The van der Waals surface area contributed by atoms with Crippen LogP contribution in [0.2, 0.25) is 0 Å². The summed E-state index contributed by atoms with van der Waals surface area (Å²) < 4.78 is 10.4. The van der Waals surface area contributed by atoms with Crippen molar-refractivity contribution in [2.24, 2.45) is 0 Å². The van der Waals surface area contributed by atoms with Crippen LogP contribution in [0.4, 0.5) is 5.69 Å². The van der Waals surface area contributed by atoms with E-state index < -0.39 is 0 Å². The molecule has 1 amide bonds. The molecule has 0 fully saturated rings. The number of anilines is 1. The second-order valence-corrected chi connectivity index (χ2v) is 3.99. The van der Waals surface area contributed by atoms with E-state index in [1.807, 2.05) is 13.0 Å². The van der Waals surface area contributed by atoms with Crippen LogP contribution in [0.5, 0.6) is 11.5 Å². The van der Waals surface area contributed by atoms with E-state index in [1.54, 1.807) is 20.3 Å². The number of hydrogen-bond acceptors (Lipinski definition) is 4. The molecule has 0 radical (unpaired) electrons. The second kappa shape index (κ2) is 6.39. The van der Waals surface area contributed by atoms with Crippen molar-refractivity contribution in [3.05, 3.63) is 17.7 Å². The summed E-state index contributed by atoms with van der Waals surface area (Å²) >= 11 is 4.01. The van der Waals surface area contributed by atoms with Gasteiger partial charge in [0.1, 0.15) is 11.5 Å². The summed E-state index contributed by atoms with van der Waals surface area (Å²) in [7, 11) is 3.16. The molecule has 0 spiro atoms. The highest BCUT2D eigenvalue weighted by Crippen LogP contribution is 2.32. The van der Waals surface area contributed by atoms with Gasteiger partial charge in [-0.05, 0) is 24.3 Å². The van der Waals surface area contributed by atoms with E-state index in [9.17, 15) is 4.79 Å². The van der Waals surface area contributed by atoms with Crippen LogP contribution in [-0.2, 0) is 4.79 Å². The lowest BCUT2D eigenvalue weighted by atomic mass is 10.2. The zero-order valence-corrected chi connectivity index (χ0v) is 11.1. The number of methoxy groups -OCH3 is 2. The number of carbonyl (C=O) groups is 1. The number of nitrogens with one attached hydrogen (secondary N) is 1. The van der Waals surface area contributed by atoms with Gasteiger partial charge in [0.05, 0.1) is 19.9 Å². The maximum Gasteiger partial charge on any atom is 0.225 e. The molecule has 0 saturated heterocycles. The summed E-state index contributed by atoms with van der Waals surface area (Å²) in [6.07, 6.45) is 0.364. The number of hydrogen-bond donors (Lipinski definition) is 2. The van der Waals surface area contributed by atoms with Gasteiger partial charge in [0, 0.05) is 12.5 Å². The van der Waals surface area contributed by atoms with Crippen molar-refractivity contribution in [3.8, 4) is 11.5 Å². The average molecular weight is 255 g/mol. The van der Waals surface area contributed by atoms with E-state index in [4.69, 9.17) is 9.47 Å². The molecule has 0 aliphatic carbocycles. The molecule has 1 aromatic rings. The number of aryl methyl sites for hydroxylation is 1. The second-order valence-electron chi connectivity index (χ2n) is 3.54. The number of benzene rings is 1. The molecule has 1 aromatic carbocycles. The van der Waals surface area contributed by atoms with Gasteiger partial charge < -0.3 is 14.8 Å². The summed E-state index contributed by atoms with van der Waals surface area (Å²) in [5, 5.41) is 2.77. The molecule has 1 rings (SSSR count). The highest BCUT2D eigenvalue weighted by molar-refractivity contribution is 7.80. The van der Waals surface area contributed by atoms with Gasteiger partial charge in [0.2, 0.25) is 5.91 Å². The van der Waals surface area contributed by atoms with Crippen molar-refractivity contribution in [3.63, 3.8) is 0 Å². The lowest BCUT2D eigenvalue weighted by molar-refractivity contribution is -0.115. The third-order valence-electron chi connectivity index (χ3n) is 2.33. The Bertz CT molecular complexity index is 407. The molecule has 0 unspecified atom stereocenters. The molecule has 0 aliphatic heterocycles. The number of ether oxygens (including phenoxy) is 2. The molecule has 94 valence electrons. The highest BCUT2D eigenvalue weighted by Gasteiger charge is 2.10. The summed E-state index contributed by atoms with van der Waals surface area (Å²) in [5.74, 6) is 1.75. The fourth-order valence-electron chi connectivity index (χ4n) is 1.46. The van der Waals surface area contributed by atoms with Gasteiger partial charge >= 0.3 is 0 Å². The first-order valence-corrected chi connectivity index (χ1v) is 5.89. The van der Waals surface area contributed by atoms with Crippen molar-refractivity contribution in [1.82, 2.24) is 0 Å². The van der Waals surface area contributed by atoms with Crippen LogP contribution < -0.4 is 14.8 Å². The summed E-state index contributed by atoms with van der Waals surface area (Å²) in [4.78, 5) is 11.5. The van der Waals surface area contributed by atoms with Crippen molar-refractivity contribution in [2.75, 3.05) is 25.3 Å². The van der Waals surface area contributed by atoms with Gasteiger partial charge in [0.15, 0.2) is 0 Å². The van der Waals surface area contributed by atoms with Crippen LogP contribution in [0.3, 0.4) is 0 Å². The fraction of sp³-hybridized carbons (Fsp3) is 0.417. The maximum absolute atomic E-state index is 11.5. The summed E-state index contributed by atoms with van der Waals surface area (Å²) in [6.45, 7) is 1.92. The van der Waals surface area contributed by atoms with Crippen molar-refractivity contribution in [2.45, 2.75) is 13.3 Å². The molecular weight excluding hydrogens is 238 g/mol. The Morgan fingerprint density at radius 3 is 2.47 bits per heavy atom. The lowest BCUT2D eigenvalue weighted by Crippen LogP contribution is -2.12. The van der Waals surface area contributed by atoms with Gasteiger partial charge in [-0.25, -0.2) is 0 Å². The fourth-order valence-corrected chi connectivity index (χ4v) is 1.67. The van der Waals surface area contributed by atoms with Gasteiger partial charge in [-0.15, -0.1) is 0 Å². The van der Waals surface area contributed by atoms with Crippen molar-refractivity contribution < 1.29 is 14.3 Å². The molecule has 1 N–H and O–H groups in total. The summed E-state index contributed by atoms with van der Waals surface area (Å²) in [6, 6.07) is 3.58. The number of amides is 1. The van der Waals surface area contributed by atoms with Crippen LogP contribution in [0.1, 0.15) is 12.0 Å². The van der Waals surface area contributed by atoms with E-state index in [0.717, 1.165) is 5.56 Å². The van der Waals surface area contributed by atoms with Gasteiger partial charge in [-0.2, -0.15) is 12.6 Å². The Morgan fingerprint density at radius 2 is 1.94 bits per heavy atom. The van der Waals surface area contributed by atoms with E-state index in [-0.39, 0.29) is 5.91 Å². The normalized spacial score (nSPS) is 9.88. The van der Waals surface area contributed by atoms with Gasteiger partial charge in [0.25, 0.3) is 0 Å². The van der Waals surface area contributed by atoms with Crippen LogP contribution in [0, 0.1) is 6.92 Å². The predicted molar refractivity (Wildman–Crippen MR) is 71.4 cm³/mol. The zero-order valence-electron chi connectivity index (χ0n) is 10.2. The van der Waals surface area contributed by atoms with E-state index in [1.165, 1.54) is 0 Å². The molecule has 4 nitrogen and oxygen atoms in total. The molecule has 0 aliphatic rings. The van der Waals surface area contributed by atoms with Gasteiger partial charge in [-0.3, -0.25) is 4.79 Å². The Hall–Kier alpha value is -1.36. The highest BCUT2D eigenvalue weighted by atomic mass is 32.1. The molecule has 0 aromatic heterocycles. The Morgan fingerprint density at radius 1 is 1.29 bits per heavy atom. The van der Waals surface area contributed by atoms with Crippen molar-refractivity contribution >= 4 is 24.2 Å². The molecule has 0 bridgehead atoms.